The first-order valence-electron chi connectivity index (χ1n) is 8.43. The summed E-state index contributed by atoms with van der Waals surface area (Å²) in [7, 11) is 1.75. The molecule has 0 spiro atoms. The molecule has 2 unspecified atom stereocenters. The van der Waals surface area contributed by atoms with Gasteiger partial charge in [0.25, 0.3) is 0 Å². The van der Waals surface area contributed by atoms with E-state index in [9.17, 15) is 9.59 Å². The van der Waals surface area contributed by atoms with Gasteiger partial charge in [-0.1, -0.05) is 13.8 Å². The first-order chi connectivity index (χ1) is 11.2. The van der Waals surface area contributed by atoms with Crippen molar-refractivity contribution < 1.29 is 14.3 Å². The zero-order chi connectivity index (χ0) is 18.0. The number of nitrogens with one attached hydrogen (secondary N) is 3. The number of hydrogen-bond acceptors (Lipinski definition) is 4. The average molecular weight is 467 g/mol. The van der Waals surface area contributed by atoms with Crippen molar-refractivity contribution in [2.75, 3.05) is 33.3 Å². The summed E-state index contributed by atoms with van der Waals surface area (Å²) in [6, 6.07) is -0.0962. The van der Waals surface area contributed by atoms with Crippen molar-refractivity contribution in [3.05, 3.63) is 0 Å². The quantitative estimate of drug-likeness (QED) is 0.234. The topological polar surface area (TPSA) is 95.1 Å². The van der Waals surface area contributed by atoms with Gasteiger partial charge in [-0.2, -0.15) is 0 Å². The van der Waals surface area contributed by atoms with Crippen molar-refractivity contribution >= 4 is 41.9 Å². The third-order valence-electron chi connectivity index (χ3n) is 5.46. The van der Waals surface area contributed by atoms with Crippen molar-refractivity contribution in [3.63, 3.8) is 0 Å². The van der Waals surface area contributed by atoms with Gasteiger partial charge in [-0.05, 0) is 20.3 Å². The van der Waals surface area contributed by atoms with Crippen molar-refractivity contribution in [2.45, 2.75) is 45.8 Å². The lowest BCUT2D eigenvalue weighted by Gasteiger charge is -2.59. The highest BCUT2D eigenvalue weighted by atomic mass is 127. The predicted octanol–water partition coefficient (Wildman–Crippen LogP) is 0.915. The van der Waals surface area contributed by atoms with Crippen LogP contribution < -0.4 is 16.0 Å². The molecular formula is C16H30IN5O3. The number of urea groups is 1. The Labute approximate surface area is 166 Å². The predicted molar refractivity (Wildman–Crippen MR) is 107 cm³/mol. The van der Waals surface area contributed by atoms with Crippen molar-refractivity contribution in [3.8, 4) is 0 Å². The summed E-state index contributed by atoms with van der Waals surface area (Å²) in [6.07, 6.45) is 0.897. The van der Waals surface area contributed by atoms with E-state index in [4.69, 9.17) is 4.74 Å². The van der Waals surface area contributed by atoms with Gasteiger partial charge in [0, 0.05) is 25.1 Å². The molecule has 2 rings (SSSR count). The van der Waals surface area contributed by atoms with E-state index in [1.165, 1.54) is 4.90 Å². The molecule has 0 aromatic rings. The molecule has 0 bridgehead atoms. The van der Waals surface area contributed by atoms with Gasteiger partial charge in [-0.3, -0.25) is 14.7 Å². The number of carbonyl (C=O) groups is 2. The smallest absolute Gasteiger partial charge is 0.324 e. The van der Waals surface area contributed by atoms with Crippen LogP contribution in [0.3, 0.4) is 0 Å². The second kappa shape index (κ2) is 8.52. The maximum absolute atomic E-state index is 11.6. The highest BCUT2D eigenvalue weighted by Gasteiger charge is 2.58. The average Bonchev–Trinajstić information content (AvgIpc) is 2.86. The van der Waals surface area contributed by atoms with Gasteiger partial charge >= 0.3 is 6.03 Å². The molecule has 0 radical (unpaired) electrons. The third kappa shape index (κ3) is 4.36. The fourth-order valence-corrected chi connectivity index (χ4v) is 3.15. The second-order valence-electron chi connectivity index (χ2n) is 7.02. The van der Waals surface area contributed by atoms with Crippen molar-refractivity contribution in [1.29, 1.82) is 0 Å². The number of imide groups is 1. The van der Waals surface area contributed by atoms with Gasteiger partial charge in [-0.25, -0.2) is 4.79 Å². The Bertz CT molecular complexity index is 524. The molecule has 1 aliphatic heterocycles. The number of amides is 3. The Morgan fingerprint density at radius 3 is 2.56 bits per heavy atom. The fourth-order valence-electron chi connectivity index (χ4n) is 3.15. The number of nitrogens with zero attached hydrogens (tertiary/aromatic N) is 2. The Morgan fingerprint density at radius 2 is 2.08 bits per heavy atom. The number of aliphatic imine (C=N–C) groups is 1. The SMILES string of the molecule is CCNC(=NCCN1C(=O)CNC1=O)NC1CC(C)(OC)C1(C)C.I. The first kappa shape index (κ1) is 21.9. The minimum Gasteiger partial charge on any atom is -0.378 e. The normalized spacial score (nSPS) is 28.1. The lowest BCUT2D eigenvalue weighted by Crippen LogP contribution is -2.69. The number of guanidine groups is 1. The van der Waals surface area contributed by atoms with E-state index in [0.717, 1.165) is 13.0 Å². The first-order valence-corrected chi connectivity index (χ1v) is 8.43. The third-order valence-corrected chi connectivity index (χ3v) is 5.46. The van der Waals surface area contributed by atoms with Gasteiger partial charge in [0.05, 0.1) is 25.2 Å². The summed E-state index contributed by atoms with van der Waals surface area (Å²) in [5.74, 6) is 0.491. The lowest BCUT2D eigenvalue weighted by atomic mass is 9.56. The fraction of sp³-hybridized carbons (Fsp3) is 0.812. The monoisotopic (exact) mass is 467 g/mol. The molecule has 9 heteroatoms. The van der Waals surface area contributed by atoms with Crippen LogP contribution in [0.4, 0.5) is 4.79 Å². The minimum atomic E-state index is -0.343. The summed E-state index contributed by atoms with van der Waals surface area (Å²) in [4.78, 5) is 28.8. The van der Waals surface area contributed by atoms with Gasteiger partial charge in [0.1, 0.15) is 0 Å². The van der Waals surface area contributed by atoms with Crippen LogP contribution in [0.25, 0.3) is 0 Å². The zero-order valence-corrected chi connectivity index (χ0v) is 18.0. The minimum absolute atomic E-state index is 0. The summed E-state index contributed by atoms with van der Waals surface area (Å²) in [6.45, 7) is 9.93. The van der Waals surface area contributed by atoms with E-state index in [2.05, 4.69) is 41.7 Å². The van der Waals surface area contributed by atoms with Crippen molar-refractivity contribution in [1.82, 2.24) is 20.9 Å². The molecule has 144 valence electrons. The Kier molecular flexibility index (Phi) is 7.48. The van der Waals surface area contributed by atoms with Crippen LogP contribution in [0.15, 0.2) is 4.99 Å². The summed E-state index contributed by atoms with van der Waals surface area (Å²) in [5, 5.41) is 9.15. The van der Waals surface area contributed by atoms with Gasteiger partial charge in [0.2, 0.25) is 5.91 Å². The lowest BCUT2D eigenvalue weighted by molar-refractivity contribution is -0.176. The molecule has 25 heavy (non-hydrogen) atoms. The van der Waals surface area contributed by atoms with Crippen LogP contribution in [0.2, 0.25) is 0 Å². The number of rotatable bonds is 6. The Hall–Kier alpha value is -1.10. The molecule has 1 aliphatic carbocycles. The summed E-state index contributed by atoms with van der Waals surface area (Å²) >= 11 is 0. The van der Waals surface area contributed by atoms with Crippen LogP contribution in [-0.4, -0.2) is 67.7 Å². The summed E-state index contributed by atoms with van der Waals surface area (Å²) in [5.41, 5.74) is -0.176. The molecule has 1 saturated heterocycles. The molecule has 0 aromatic heterocycles. The van der Waals surface area contributed by atoms with Gasteiger partial charge in [-0.15, -0.1) is 24.0 Å². The highest BCUT2D eigenvalue weighted by molar-refractivity contribution is 14.0. The highest BCUT2D eigenvalue weighted by Crippen LogP contribution is 2.51. The van der Waals surface area contributed by atoms with E-state index in [1.54, 1.807) is 7.11 Å². The molecule has 1 heterocycles. The molecule has 3 N–H and O–H groups in total. The molecule has 2 atom stereocenters. The van der Waals surface area contributed by atoms with Crippen LogP contribution >= 0.6 is 24.0 Å². The van der Waals surface area contributed by atoms with Crippen LogP contribution in [-0.2, 0) is 9.53 Å². The van der Waals surface area contributed by atoms with Crippen LogP contribution in [0.1, 0.15) is 34.1 Å². The molecule has 1 saturated carbocycles. The standard InChI is InChI=1S/C16H29N5O3.HI/c1-6-17-13(18-7-8-21-12(22)10-19-14(21)23)20-11-9-16(4,24-5)15(11,2)3;/h11H,6-10H2,1-5H3,(H,19,23)(H2,17,18,20);1H. The number of halogens is 1. The Morgan fingerprint density at radius 1 is 1.40 bits per heavy atom. The Balaban J connectivity index is 0.00000312. The number of hydrogen-bond donors (Lipinski definition) is 3. The van der Waals surface area contributed by atoms with Crippen LogP contribution in [0.5, 0.6) is 0 Å². The molecule has 2 aliphatic rings. The van der Waals surface area contributed by atoms with E-state index < -0.39 is 0 Å². The largest absolute Gasteiger partial charge is 0.378 e. The molecule has 3 amide bonds. The van der Waals surface area contributed by atoms with E-state index >= 15 is 0 Å². The summed E-state index contributed by atoms with van der Waals surface area (Å²) < 4.78 is 5.64. The van der Waals surface area contributed by atoms with E-state index in [0.29, 0.717) is 12.5 Å². The number of carbonyl (C=O) groups excluding carboxylic acids is 2. The molecule has 2 fully saturated rings. The van der Waals surface area contributed by atoms with Gasteiger partial charge in [0.15, 0.2) is 5.96 Å². The van der Waals surface area contributed by atoms with Gasteiger partial charge < -0.3 is 20.7 Å². The van der Waals surface area contributed by atoms with Crippen molar-refractivity contribution in [2.24, 2.45) is 10.4 Å². The molecule has 0 aromatic carbocycles. The maximum Gasteiger partial charge on any atom is 0.324 e. The number of methoxy groups -OCH3 is 1. The zero-order valence-electron chi connectivity index (χ0n) is 15.6. The van der Waals surface area contributed by atoms with E-state index in [-0.39, 0.29) is 66.1 Å². The number of ether oxygens (including phenoxy) is 1. The maximum atomic E-state index is 11.6. The second-order valence-corrected chi connectivity index (χ2v) is 7.02. The van der Waals surface area contributed by atoms with E-state index in [1.807, 2.05) is 6.92 Å². The molecular weight excluding hydrogens is 437 g/mol. The van der Waals surface area contributed by atoms with Crippen LogP contribution in [0, 0.1) is 5.41 Å². The molecule has 8 nitrogen and oxygen atoms in total.